The fourth-order valence-electron chi connectivity index (χ4n) is 1.85. The fraction of sp³-hybridized carbons (Fsp3) is 0.176. The first kappa shape index (κ1) is 16.2. The van der Waals surface area contributed by atoms with E-state index in [0.29, 0.717) is 11.3 Å². The van der Waals surface area contributed by atoms with E-state index in [4.69, 9.17) is 4.74 Å². The van der Waals surface area contributed by atoms with Gasteiger partial charge in [0.05, 0.1) is 5.56 Å². The van der Waals surface area contributed by atoms with Crippen molar-refractivity contribution < 1.29 is 14.3 Å². The van der Waals surface area contributed by atoms with Gasteiger partial charge in [0.2, 0.25) is 0 Å². The maximum absolute atomic E-state index is 11.8. The van der Waals surface area contributed by atoms with Crippen LogP contribution in [0.5, 0.6) is 0 Å². The summed E-state index contributed by atoms with van der Waals surface area (Å²) in [6, 6.07) is 14.4. The van der Waals surface area contributed by atoms with E-state index in [1.807, 2.05) is 30.3 Å². The fourth-order valence-corrected chi connectivity index (χ4v) is 2.25. The molecule has 0 spiro atoms. The summed E-state index contributed by atoms with van der Waals surface area (Å²) in [6.07, 6.45) is 0.943. The molecule has 5 heteroatoms. The summed E-state index contributed by atoms with van der Waals surface area (Å²) in [6.45, 7) is 1.75. The van der Waals surface area contributed by atoms with E-state index >= 15 is 0 Å². The van der Waals surface area contributed by atoms with Crippen LogP contribution in [0.3, 0.4) is 0 Å². The number of benzene rings is 2. The lowest BCUT2D eigenvalue weighted by molar-refractivity contribution is -0.119. The van der Waals surface area contributed by atoms with E-state index in [2.05, 4.69) is 28.2 Å². The largest absolute Gasteiger partial charge is 0.452 e. The molecule has 0 fully saturated rings. The summed E-state index contributed by atoms with van der Waals surface area (Å²) < 4.78 is 5.77. The number of aryl methyl sites for hydroxylation is 1. The minimum Gasteiger partial charge on any atom is -0.452 e. The number of ether oxygens (including phenoxy) is 1. The van der Waals surface area contributed by atoms with E-state index < -0.39 is 5.97 Å². The molecule has 0 atom stereocenters. The first-order valence-electron chi connectivity index (χ1n) is 6.90. The van der Waals surface area contributed by atoms with Crippen molar-refractivity contribution in [2.75, 3.05) is 11.9 Å². The van der Waals surface area contributed by atoms with E-state index in [-0.39, 0.29) is 12.5 Å². The van der Waals surface area contributed by atoms with Gasteiger partial charge in [-0.3, -0.25) is 4.79 Å². The Morgan fingerprint density at radius 1 is 1.14 bits per heavy atom. The number of halogens is 1. The Morgan fingerprint density at radius 2 is 1.86 bits per heavy atom. The first-order valence-corrected chi connectivity index (χ1v) is 7.69. The maximum atomic E-state index is 11.8. The predicted octanol–water partition coefficient (Wildman–Crippen LogP) is 3.81. The molecular weight excluding hydrogens is 346 g/mol. The molecular formula is C17H16BrNO3. The molecule has 0 saturated heterocycles. The standard InChI is InChI=1S/C17H16BrNO3/c1-2-12-6-8-15(9-7-12)19-16(20)11-22-17(21)13-4-3-5-14(18)10-13/h3-10H,2,11H2,1H3,(H,19,20). The second kappa shape index (κ2) is 7.75. The van der Waals surface area contributed by atoms with Crippen molar-refractivity contribution in [1.29, 1.82) is 0 Å². The first-order chi connectivity index (χ1) is 10.6. The molecule has 0 aliphatic heterocycles. The van der Waals surface area contributed by atoms with Gasteiger partial charge in [0.15, 0.2) is 6.61 Å². The molecule has 1 N–H and O–H groups in total. The highest BCUT2D eigenvalue weighted by Crippen LogP contribution is 2.13. The van der Waals surface area contributed by atoms with Crippen molar-refractivity contribution in [2.45, 2.75) is 13.3 Å². The number of nitrogens with one attached hydrogen (secondary N) is 1. The zero-order valence-corrected chi connectivity index (χ0v) is 13.7. The summed E-state index contributed by atoms with van der Waals surface area (Å²) in [4.78, 5) is 23.6. The van der Waals surface area contributed by atoms with Crippen molar-refractivity contribution in [2.24, 2.45) is 0 Å². The monoisotopic (exact) mass is 361 g/mol. The highest BCUT2D eigenvalue weighted by Gasteiger charge is 2.10. The maximum Gasteiger partial charge on any atom is 0.338 e. The van der Waals surface area contributed by atoms with Crippen LogP contribution < -0.4 is 5.32 Å². The molecule has 114 valence electrons. The van der Waals surface area contributed by atoms with E-state index in [9.17, 15) is 9.59 Å². The number of amides is 1. The second-order valence-electron chi connectivity index (χ2n) is 4.69. The Hall–Kier alpha value is -2.14. The SMILES string of the molecule is CCc1ccc(NC(=O)COC(=O)c2cccc(Br)c2)cc1. The average molecular weight is 362 g/mol. The molecule has 2 aromatic rings. The van der Waals surface area contributed by atoms with E-state index in [1.54, 1.807) is 18.2 Å². The summed E-state index contributed by atoms with van der Waals surface area (Å²) in [7, 11) is 0. The molecule has 0 aliphatic carbocycles. The molecule has 1 amide bonds. The molecule has 0 saturated carbocycles. The molecule has 0 aliphatic rings. The Bertz CT molecular complexity index is 668. The molecule has 0 bridgehead atoms. The van der Waals surface area contributed by atoms with Gasteiger partial charge in [0.25, 0.3) is 5.91 Å². The lowest BCUT2D eigenvalue weighted by atomic mass is 10.1. The normalized spacial score (nSPS) is 10.1. The average Bonchev–Trinajstić information content (AvgIpc) is 2.53. The van der Waals surface area contributed by atoms with Gasteiger partial charge in [-0.2, -0.15) is 0 Å². The lowest BCUT2D eigenvalue weighted by Crippen LogP contribution is -2.20. The molecule has 2 rings (SSSR count). The van der Waals surface area contributed by atoms with Gasteiger partial charge in [-0.1, -0.05) is 41.1 Å². The van der Waals surface area contributed by atoms with Gasteiger partial charge >= 0.3 is 5.97 Å². The zero-order chi connectivity index (χ0) is 15.9. The Kier molecular flexibility index (Phi) is 5.72. The minimum absolute atomic E-state index is 0.319. The summed E-state index contributed by atoms with van der Waals surface area (Å²) in [5, 5.41) is 2.69. The molecule has 0 unspecified atom stereocenters. The molecule has 0 aromatic heterocycles. The second-order valence-corrected chi connectivity index (χ2v) is 5.60. The van der Waals surface area contributed by atoms with Crippen LogP contribution in [0.2, 0.25) is 0 Å². The number of carbonyl (C=O) groups is 2. The van der Waals surface area contributed by atoms with Crippen LogP contribution in [-0.4, -0.2) is 18.5 Å². The number of hydrogen-bond acceptors (Lipinski definition) is 3. The quantitative estimate of drug-likeness (QED) is 0.823. The molecule has 2 aromatic carbocycles. The summed E-state index contributed by atoms with van der Waals surface area (Å²) in [5.74, 6) is -0.898. The number of rotatable bonds is 5. The number of anilines is 1. The Labute approximate surface area is 137 Å². The third kappa shape index (κ3) is 4.70. The molecule has 0 heterocycles. The summed E-state index contributed by atoms with van der Waals surface area (Å²) >= 11 is 3.28. The van der Waals surface area contributed by atoms with E-state index in [0.717, 1.165) is 10.9 Å². The van der Waals surface area contributed by atoms with Crippen LogP contribution in [0.4, 0.5) is 5.69 Å². The number of esters is 1. The summed E-state index contributed by atoms with van der Waals surface area (Å²) in [5.41, 5.74) is 2.27. The predicted molar refractivity (Wildman–Crippen MR) is 88.9 cm³/mol. The molecule has 0 radical (unpaired) electrons. The lowest BCUT2D eigenvalue weighted by Gasteiger charge is -2.07. The number of hydrogen-bond donors (Lipinski definition) is 1. The van der Waals surface area contributed by atoms with Crippen molar-refractivity contribution in [1.82, 2.24) is 0 Å². The van der Waals surface area contributed by atoms with Gasteiger partial charge in [-0.05, 0) is 42.3 Å². The van der Waals surface area contributed by atoms with E-state index in [1.165, 1.54) is 5.56 Å². The van der Waals surface area contributed by atoms with Crippen molar-refractivity contribution >= 4 is 33.5 Å². The molecule has 4 nitrogen and oxygen atoms in total. The Balaban J connectivity index is 1.85. The van der Waals surface area contributed by atoms with Gasteiger partial charge in [0, 0.05) is 10.2 Å². The van der Waals surface area contributed by atoms with Crippen molar-refractivity contribution in [3.8, 4) is 0 Å². The van der Waals surface area contributed by atoms with Gasteiger partial charge in [-0.25, -0.2) is 4.79 Å². The highest BCUT2D eigenvalue weighted by molar-refractivity contribution is 9.10. The van der Waals surface area contributed by atoms with Gasteiger partial charge in [-0.15, -0.1) is 0 Å². The third-order valence-electron chi connectivity index (χ3n) is 3.04. The van der Waals surface area contributed by atoms with Gasteiger partial charge in [0.1, 0.15) is 0 Å². The van der Waals surface area contributed by atoms with Crippen LogP contribution in [0.15, 0.2) is 53.0 Å². The zero-order valence-electron chi connectivity index (χ0n) is 12.1. The highest BCUT2D eigenvalue weighted by atomic mass is 79.9. The number of carbonyl (C=O) groups excluding carboxylic acids is 2. The van der Waals surface area contributed by atoms with Crippen LogP contribution in [0, 0.1) is 0 Å². The van der Waals surface area contributed by atoms with Crippen LogP contribution >= 0.6 is 15.9 Å². The topological polar surface area (TPSA) is 55.4 Å². The third-order valence-corrected chi connectivity index (χ3v) is 3.53. The Morgan fingerprint density at radius 3 is 2.50 bits per heavy atom. The van der Waals surface area contributed by atoms with Crippen molar-refractivity contribution in [3.05, 3.63) is 64.1 Å². The van der Waals surface area contributed by atoms with Crippen LogP contribution in [-0.2, 0) is 16.0 Å². The minimum atomic E-state index is -0.530. The van der Waals surface area contributed by atoms with Crippen LogP contribution in [0.25, 0.3) is 0 Å². The smallest absolute Gasteiger partial charge is 0.338 e. The molecule has 22 heavy (non-hydrogen) atoms. The van der Waals surface area contributed by atoms with Crippen LogP contribution in [0.1, 0.15) is 22.8 Å². The van der Waals surface area contributed by atoms with Gasteiger partial charge < -0.3 is 10.1 Å². The van der Waals surface area contributed by atoms with Crippen molar-refractivity contribution in [3.63, 3.8) is 0 Å².